The van der Waals surface area contributed by atoms with Crippen molar-refractivity contribution in [3.63, 3.8) is 0 Å². The van der Waals surface area contributed by atoms with Gasteiger partial charge >= 0.3 is 5.91 Å². The van der Waals surface area contributed by atoms with E-state index in [1.54, 1.807) is 31.4 Å². The number of furan rings is 1. The summed E-state index contributed by atoms with van der Waals surface area (Å²) >= 11 is 12.6. The van der Waals surface area contributed by atoms with Gasteiger partial charge in [-0.2, -0.15) is 5.10 Å². The van der Waals surface area contributed by atoms with E-state index in [0.717, 1.165) is 16.7 Å². The van der Waals surface area contributed by atoms with Crippen LogP contribution in [-0.4, -0.2) is 28.7 Å². The van der Waals surface area contributed by atoms with E-state index in [1.165, 1.54) is 11.3 Å². The van der Waals surface area contributed by atoms with Crippen LogP contribution in [0.15, 0.2) is 76.4 Å². The molecule has 0 radical (unpaired) electrons. The number of hydrazone groups is 1. The van der Waals surface area contributed by atoms with Crippen LogP contribution in [-0.2, 0) is 0 Å². The Bertz CT molecular complexity index is 1330. The van der Waals surface area contributed by atoms with E-state index in [1.807, 2.05) is 36.4 Å². The summed E-state index contributed by atoms with van der Waals surface area (Å²) in [7, 11) is 1.60. The topological polar surface area (TPSA) is 67.9 Å². The predicted octanol–water partition coefficient (Wildman–Crippen LogP) is 6.13. The molecule has 6 nitrogen and oxygen atoms in total. The molecular weight excluding hydrogens is 449 g/mol. The number of ether oxygens (including phenoxy) is 1. The van der Waals surface area contributed by atoms with Crippen molar-refractivity contribution in [3.8, 4) is 5.75 Å². The van der Waals surface area contributed by atoms with Gasteiger partial charge in [0.2, 0.25) is 0 Å². The fourth-order valence-electron chi connectivity index (χ4n) is 3.77. The monoisotopic (exact) mass is 465 g/mol. The minimum Gasteiger partial charge on any atom is -0.497 e. The molecule has 1 unspecified atom stereocenters. The van der Waals surface area contributed by atoms with Crippen molar-refractivity contribution in [3.05, 3.63) is 94.0 Å². The maximum Gasteiger partial charge on any atom is 0.310 e. The van der Waals surface area contributed by atoms with Gasteiger partial charge in [0.25, 0.3) is 0 Å². The highest BCUT2D eigenvalue weighted by Crippen LogP contribution is 2.38. The number of pyridine rings is 1. The number of carbonyl (C=O) groups excluding carboxylic acids is 1. The molecule has 0 saturated carbocycles. The normalized spacial score (nSPS) is 15.8. The van der Waals surface area contributed by atoms with Crippen LogP contribution in [0.25, 0.3) is 10.9 Å². The summed E-state index contributed by atoms with van der Waals surface area (Å²) in [6, 6.07) is 17.7. The highest BCUT2D eigenvalue weighted by Gasteiger charge is 2.36. The summed E-state index contributed by atoms with van der Waals surface area (Å²) in [6.45, 7) is 0. The lowest BCUT2D eigenvalue weighted by atomic mass is 9.98. The van der Waals surface area contributed by atoms with Crippen LogP contribution < -0.4 is 4.74 Å². The Morgan fingerprint density at radius 1 is 1.12 bits per heavy atom. The van der Waals surface area contributed by atoms with Gasteiger partial charge in [-0.05, 0) is 48.0 Å². The Hall–Kier alpha value is -3.35. The highest BCUT2D eigenvalue weighted by atomic mass is 35.5. The van der Waals surface area contributed by atoms with E-state index < -0.39 is 6.04 Å². The molecule has 0 spiro atoms. The maximum absolute atomic E-state index is 13.2. The van der Waals surface area contributed by atoms with E-state index in [2.05, 4.69) is 10.1 Å². The Morgan fingerprint density at radius 2 is 1.94 bits per heavy atom. The fraction of sp³-hybridized carbons (Fsp3) is 0.125. The zero-order valence-electron chi connectivity index (χ0n) is 17.0. The summed E-state index contributed by atoms with van der Waals surface area (Å²) in [5.74, 6) is 0.540. The van der Waals surface area contributed by atoms with Crippen LogP contribution in [0.5, 0.6) is 5.75 Å². The number of halogens is 2. The van der Waals surface area contributed by atoms with Crippen molar-refractivity contribution < 1.29 is 13.9 Å². The number of hydrogen-bond donors (Lipinski definition) is 0. The van der Waals surface area contributed by atoms with Crippen LogP contribution >= 0.6 is 23.2 Å². The Balaban J connectivity index is 1.59. The van der Waals surface area contributed by atoms with Crippen LogP contribution in [0, 0.1) is 0 Å². The number of hydrogen-bond acceptors (Lipinski definition) is 5. The standard InChI is InChI=1S/C24H17Cl2N3O3/c1-31-17-9-6-15-11-18(23(26)27-19(15)12-17)21-13-20(14-4-7-16(25)8-5-14)28-29(21)24(30)22-3-2-10-32-22/h2-12,21H,13H2,1H3. The molecule has 0 bridgehead atoms. The van der Waals surface area contributed by atoms with Crippen LogP contribution in [0.3, 0.4) is 0 Å². The third-order valence-corrected chi connectivity index (χ3v) is 5.95. The first-order valence-corrected chi connectivity index (χ1v) is 10.6. The molecule has 1 atom stereocenters. The molecule has 2 aromatic heterocycles. The Labute approximate surface area is 194 Å². The minimum absolute atomic E-state index is 0.200. The summed E-state index contributed by atoms with van der Waals surface area (Å²) in [5.41, 5.74) is 3.04. The van der Waals surface area contributed by atoms with Crippen molar-refractivity contribution in [2.45, 2.75) is 12.5 Å². The van der Waals surface area contributed by atoms with Crippen LogP contribution in [0.1, 0.15) is 34.1 Å². The average molecular weight is 466 g/mol. The second-order valence-corrected chi connectivity index (χ2v) is 8.12. The van der Waals surface area contributed by atoms with E-state index >= 15 is 0 Å². The average Bonchev–Trinajstić information content (AvgIpc) is 3.49. The van der Waals surface area contributed by atoms with Crippen molar-refractivity contribution in [2.24, 2.45) is 5.10 Å². The van der Waals surface area contributed by atoms with E-state index in [9.17, 15) is 4.79 Å². The molecule has 1 aliphatic rings. The predicted molar refractivity (Wildman–Crippen MR) is 124 cm³/mol. The van der Waals surface area contributed by atoms with Gasteiger partial charge in [-0.3, -0.25) is 4.79 Å². The third-order valence-electron chi connectivity index (χ3n) is 5.39. The molecule has 4 aromatic rings. The minimum atomic E-state index is -0.440. The zero-order valence-corrected chi connectivity index (χ0v) is 18.5. The Kier molecular flexibility index (Phi) is 5.33. The van der Waals surface area contributed by atoms with Gasteiger partial charge in [0, 0.05) is 28.5 Å². The van der Waals surface area contributed by atoms with Gasteiger partial charge in [-0.1, -0.05) is 35.3 Å². The lowest BCUT2D eigenvalue weighted by Crippen LogP contribution is -2.27. The molecule has 1 amide bonds. The molecule has 0 N–H and O–H groups in total. The fourth-order valence-corrected chi connectivity index (χ4v) is 4.17. The quantitative estimate of drug-likeness (QED) is 0.339. The lowest BCUT2D eigenvalue weighted by Gasteiger charge is -2.22. The number of carbonyl (C=O) groups is 1. The molecule has 5 rings (SSSR count). The van der Waals surface area contributed by atoms with Crippen molar-refractivity contribution in [1.29, 1.82) is 0 Å². The smallest absolute Gasteiger partial charge is 0.310 e. The molecular formula is C24H17Cl2N3O3. The third kappa shape index (κ3) is 3.72. The number of fused-ring (bicyclic) bond motifs is 1. The molecule has 0 aliphatic carbocycles. The molecule has 32 heavy (non-hydrogen) atoms. The maximum atomic E-state index is 13.2. The largest absolute Gasteiger partial charge is 0.497 e. The lowest BCUT2D eigenvalue weighted by molar-refractivity contribution is 0.0678. The summed E-state index contributed by atoms with van der Waals surface area (Å²) < 4.78 is 10.6. The first-order valence-electron chi connectivity index (χ1n) is 9.88. The number of amides is 1. The van der Waals surface area contributed by atoms with Gasteiger partial charge < -0.3 is 9.15 Å². The first kappa shape index (κ1) is 20.5. The SMILES string of the molecule is COc1ccc2cc(C3CC(c4ccc(Cl)cc4)=NN3C(=O)c3ccco3)c(Cl)nc2c1. The Morgan fingerprint density at radius 3 is 2.66 bits per heavy atom. The number of benzene rings is 2. The van der Waals surface area contributed by atoms with Crippen molar-refractivity contribution >= 4 is 45.7 Å². The zero-order chi connectivity index (χ0) is 22.2. The van der Waals surface area contributed by atoms with Gasteiger partial charge in [-0.25, -0.2) is 9.99 Å². The van der Waals surface area contributed by atoms with Crippen LogP contribution in [0.2, 0.25) is 10.2 Å². The molecule has 2 aromatic carbocycles. The van der Waals surface area contributed by atoms with Gasteiger partial charge in [0.15, 0.2) is 5.76 Å². The van der Waals surface area contributed by atoms with Gasteiger partial charge in [0.1, 0.15) is 10.9 Å². The molecule has 0 saturated heterocycles. The molecule has 8 heteroatoms. The molecule has 160 valence electrons. The number of aromatic nitrogens is 1. The number of methoxy groups -OCH3 is 1. The summed E-state index contributed by atoms with van der Waals surface area (Å²) in [6.07, 6.45) is 1.93. The van der Waals surface area contributed by atoms with Crippen molar-refractivity contribution in [1.82, 2.24) is 9.99 Å². The second-order valence-electron chi connectivity index (χ2n) is 7.33. The van der Waals surface area contributed by atoms with Crippen LogP contribution in [0.4, 0.5) is 0 Å². The van der Waals surface area contributed by atoms with Gasteiger partial charge in [-0.15, -0.1) is 0 Å². The van der Waals surface area contributed by atoms with Gasteiger partial charge in [0.05, 0.1) is 30.6 Å². The molecule has 0 fully saturated rings. The summed E-state index contributed by atoms with van der Waals surface area (Å²) in [5, 5.41) is 7.88. The number of nitrogens with zero attached hydrogens (tertiary/aromatic N) is 3. The highest BCUT2D eigenvalue weighted by molar-refractivity contribution is 6.31. The second kappa shape index (κ2) is 8.30. The van der Waals surface area contributed by atoms with E-state index in [0.29, 0.717) is 33.4 Å². The molecule has 3 heterocycles. The molecule has 1 aliphatic heterocycles. The number of rotatable bonds is 4. The van der Waals surface area contributed by atoms with Crippen molar-refractivity contribution in [2.75, 3.05) is 7.11 Å². The van der Waals surface area contributed by atoms with E-state index in [4.69, 9.17) is 32.4 Å². The first-order chi connectivity index (χ1) is 15.5. The van der Waals surface area contributed by atoms with E-state index in [-0.39, 0.29) is 11.7 Å². The summed E-state index contributed by atoms with van der Waals surface area (Å²) in [4.78, 5) is 17.8.